The average Bonchev–Trinajstić information content (AvgIpc) is 2.23. The van der Waals surface area contributed by atoms with E-state index in [1.807, 2.05) is 27.7 Å². The van der Waals surface area contributed by atoms with Gasteiger partial charge in [0.25, 0.3) is 0 Å². The first-order valence-corrected chi connectivity index (χ1v) is 7.00. The van der Waals surface area contributed by atoms with E-state index in [0.717, 1.165) is 0 Å². The third kappa shape index (κ3) is 7.77. The SMILES string of the molecule is CC(C)NC(=O)C(Cl)CCC(Cl)C(=O)NC(C)C. The molecular weight excluding hydrogens is 275 g/mol. The number of rotatable bonds is 7. The van der Waals surface area contributed by atoms with Gasteiger partial charge < -0.3 is 10.6 Å². The fourth-order valence-electron chi connectivity index (χ4n) is 1.30. The van der Waals surface area contributed by atoms with Gasteiger partial charge in [-0.25, -0.2) is 0 Å². The Balaban J connectivity index is 4.01. The van der Waals surface area contributed by atoms with E-state index in [4.69, 9.17) is 23.2 Å². The van der Waals surface area contributed by atoms with Gasteiger partial charge in [0.2, 0.25) is 11.8 Å². The number of nitrogens with one attached hydrogen (secondary N) is 2. The zero-order valence-corrected chi connectivity index (χ0v) is 12.8. The summed E-state index contributed by atoms with van der Waals surface area (Å²) in [4.78, 5) is 23.1. The van der Waals surface area contributed by atoms with E-state index in [1.165, 1.54) is 0 Å². The number of halogens is 2. The quantitative estimate of drug-likeness (QED) is 0.706. The van der Waals surface area contributed by atoms with Gasteiger partial charge in [0.15, 0.2) is 0 Å². The third-order valence-corrected chi connectivity index (χ3v) is 2.94. The molecule has 0 radical (unpaired) electrons. The number of carbonyl (C=O) groups is 2. The summed E-state index contributed by atoms with van der Waals surface area (Å²) in [5.41, 5.74) is 0. The summed E-state index contributed by atoms with van der Waals surface area (Å²) in [6.07, 6.45) is 0.750. The maximum Gasteiger partial charge on any atom is 0.238 e. The molecule has 0 saturated heterocycles. The molecule has 0 rings (SSSR count). The summed E-state index contributed by atoms with van der Waals surface area (Å²) >= 11 is 11.9. The Kier molecular flexibility index (Phi) is 8.36. The van der Waals surface area contributed by atoms with E-state index in [9.17, 15) is 9.59 Å². The summed E-state index contributed by atoms with van der Waals surface area (Å²) in [6, 6.07) is 0.101. The molecule has 18 heavy (non-hydrogen) atoms. The number of hydrogen-bond donors (Lipinski definition) is 2. The molecule has 0 spiro atoms. The molecule has 0 aliphatic heterocycles. The molecule has 0 aliphatic rings. The molecule has 6 heteroatoms. The molecule has 0 heterocycles. The maximum atomic E-state index is 11.5. The summed E-state index contributed by atoms with van der Waals surface area (Å²) in [5.74, 6) is -0.445. The third-order valence-electron chi connectivity index (χ3n) is 2.10. The second-order valence-electron chi connectivity index (χ2n) is 4.84. The first-order chi connectivity index (χ1) is 8.23. The van der Waals surface area contributed by atoms with E-state index in [1.54, 1.807) is 0 Å². The highest BCUT2D eigenvalue weighted by Gasteiger charge is 2.21. The Morgan fingerprint density at radius 3 is 1.33 bits per heavy atom. The Morgan fingerprint density at radius 2 is 1.11 bits per heavy atom. The molecule has 0 saturated carbocycles. The first kappa shape index (κ1) is 17.5. The fraction of sp³-hybridized carbons (Fsp3) is 0.833. The molecule has 2 unspecified atom stereocenters. The minimum Gasteiger partial charge on any atom is -0.353 e. The van der Waals surface area contributed by atoms with Gasteiger partial charge in [-0.2, -0.15) is 0 Å². The van der Waals surface area contributed by atoms with Crippen LogP contribution in [0.5, 0.6) is 0 Å². The van der Waals surface area contributed by atoms with E-state index in [-0.39, 0.29) is 23.9 Å². The summed E-state index contributed by atoms with van der Waals surface area (Å²) < 4.78 is 0. The predicted molar refractivity (Wildman–Crippen MR) is 75.1 cm³/mol. The van der Waals surface area contributed by atoms with Crippen molar-refractivity contribution >= 4 is 35.0 Å². The van der Waals surface area contributed by atoms with Gasteiger partial charge in [-0.3, -0.25) is 9.59 Å². The second-order valence-corrected chi connectivity index (χ2v) is 5.89. The Bertz CT molecular complexity index is 255. The molecular formula is C12H22Cl2N2O2. The highest BCUT2D eigenvalue weighted by molar-refractivity contribution is 6.32. The molecule has 0 aromatic carbocycles. The van der Waals surface area contributed by atoms with Crippen LogP contribution in [0, 0.1) is 0 Å². The van der Waals surface area contributed by atoms with Crippen molar-refractivity contribution in [2.75, 3.05) is 0 Å². The van der Waals surface area contributed by atoms with Crippen LogP contribution in [0.4, 0.5) is 0 Å². The molecule has 2 N–H and O–H groups in total. The van der Waals surface area contributed by atoms with Crippen molar-refractivity contribution in [1.29, 1.82) is 0 Å². The summed E-state index contributed by atoms with van der Waals surface area (Å²) in [6.45, 7) is 7.45. The van der Waals surface area contributed by atoms with Crippen LogP contribution >= 0.6 is 23.2 Å². The standard InChI is InChI=1S/C12H22Cl2N2O2/c1-7(2)15-11(17)9(13)5-6-10(14)12(18)16-8(3)4/h7-10H,5-6H2,1-4H3,(H,15,17)(H,16,18). The minimum atomic E-state index is -0.652. The average molecular weight is 297 g/mol. The van der Waals surface area contributed by atoms with Gasteiger partial charge in [0.1, 0.15) is 10.8 Å². The molecule has 106 valence electrons. The van der Waals surface area contributed by atoms with E-state index in [0.29, 0.717) is 12.8 Å². The van der Waals surface area contributed by atoms with Gasteiger partial charge in [-0.1, -0.05) is 0 Å². The second kappa shape index (κ2) is 8.59. The molecule has 0 bridgehead atoms. The van der Waals surface area contributed by atoms with Crippen LogP contribution in [0.15, 0.2) is 0 Å². The first-order valence-electron chi connectivity index (χ1n) is 6.13. The predicted octanol–water partition coefficient (Wildman–Crippen LogP) is 2.03. The van der Waals surface area contributed by atoms with Crippen molar-refractivity contribution in [3.8, 4) is 0 Å². The molecule has 4 nitrogen and oxygen atoms in total. The lowest BCUT2D eigenvalue weighted by Gasteiger charge is -2.15. The molecule has 0 aromatic rings. The van der Waals surface area contributed by atoms with E-state index < -0.39 is 10.8 Å². The Morgan fingerprint density at radius 1 is 0.833 bits per heavy atom. The lowest BCUT2D eigenvalue weighted by atomic mass is 10.1. The zero-order valence-electron chi connectivity index (χ0n) is 11.3. The van der Waals surface area contributed by atoms with Crippen LogP contribution in [-0.2, 0) is 9.59 Å². The number of amides is 2. The van der Waals surface area contributed by atoms with Gasteiger partial charge >= 0.3 is 0 Å². The van der Waals surface area contributed by atoms with Gasteiger partial charge in [-0.15, -0.1) is 23.2 Å². The largest absolute Gasteiger partial charge is 0.353 e. The molecule has 0 fully saturated rings. The van der Waals surface area contributed by atoms with Crippen LogP contribution in [-0.4, -0.2) is 34.7 Å². The van der Waals surface area contributed by atoms with Crippen molar-refractivity contribution in [1.82, 2.24) is 10.6 Å². The van der Waals surface area contributed by atoms with Crippen LogP contribution in [0.1, 0.15) is 40.5 Å². The van der Waals surface area contributed by atoms with Gasteiger partial charge in [0.05, 0.1) is 0 Å². The normalized spacial score (nSPS) is 14.4. The molecule has 2 atom stereocenters. The van der Waals surface area contributed by atoms with Crippen molar-refractivity contribution in [2.24, 2.45) is 0 Å². The molecule has 0 aromatic heterocycles. The van der Waals surface area contributed by atoms with Crippen molar-refractivity contribution in [3.63, 3.8) is 0 Å². The van der Waals surface area contributed by atoms with Crippen molar-refractivity contribution < 1.29 is 9.59 Å². The van der Waals surface area contributed by atoms with Gasteiger partial charge in [0, 0.05) is 12.1 Å². The van der Waals surface area contributed by atoms with Crippen LogP contribution in [0.3, 0.4) is 0 Å². The summed E-state index contributed by atoms with van der Waals surface area (Å²) in [7, 11) is 0. The number of carbonyl (C=O) groups excluding carboxylic acids is 2. The highest BCUT2D eigenvalue weighted by Crippen LogP contribution is 2.12. The monoisotopic (exact) mass is 296 g/mol. The van der Waals surface area contributed by atoms with E-state index >= 15 is 0 Å². The summed E-state index contributed by atoms with van der Waals surface area (Å²) in [5, 5.41) is 4.12. The molecule has 2 amide bonds. The Labute approximate surface area is 119 Å². The highest BCUT2D eigenvalue weighted by atomic mass is 35.5. The van der Waals surface area contributed by atoms with Crippen molar-refractivity contribution in [3.05, 3.63) is 0 Å². The number of alkyl halides is 2. The smallest absolute Gasteiger partial charge is 0.238 e. The zero-order chi connectivity index (χ0) is 14.3. The topological polar surface area (TPSA) is 58.2 Å². The lowest BCUT2D eigenvalue weighted by molar-refractivity contribution is -0.123. The maximum absolute atomic E-state index is 11.5. The van der Waals surface area contributed by atoms with Crippen LogP contribution < -0.4 is 10.6 Å². The van der Waals surface area contributed by atoms with Crippen molar-refractivity contribution in [2.45, 2.75) is 63.4 Å². The Hall–Kier alpha value is -0.480. The lowest BCUT2D eigenvalue weighted by Crippen LogP contribution is -2.38. The minimum absolute atomic E-state index is 0.0507. The van der Waals surface area contributed by atoms with E-state index in [2.05, 4.69) is 10.6 Å². The van der Waals surface area contributed by atoms with Crippen LogP contribution in [0.2, 0.25) is 0 Å². The number of hydrogen-bond acceptors (Lipinski definition) is 2. The van der Waals surface area contributed by atoms with Gasteiger partial charge in [-0.05, 0) is 40.5 Å². The fourth-order valence-corrected chi connectivity index (χ4v) is 1.68. The molecule has 0 aliphatic carbocycles. The van der Waals surface area contributed by atoms with Crippen LogP contribution in [0.25, 0.3) is 0 Å².